The minimum Gasteiger partial charge on any atom is -0.337 e. The van der Waals surface area contributed by atoms with Crippen molar-refractivity contribution in [3.8, 4) is 0 Å². The smallest absolute Gasteiger partial charge is 0.319 e. The number of carbonyl (C=O) groups is 1. The fourth-order valence-corrected chi connectivity index (χ4v) is 1.61. The second-order valence-corrected chi connectivity index (χ2v) is 4.42. The summed E-state index contributed by atoms with van der Waals surface area (Å²) in [5, 5.41) is 19.1. The van der Waals surface area contributed by atoms with Gasteiger partial charge in [-0.15, -0.1) is 0 Å². The standard InChI is InChI=1S/C12H16N4O3/c17-12(14-7-6-13-9-4-5-9)15-10-2-1-3-11(8-10)16(18)19/h1-3,8-9,13H,4-7H2,(H2,14,15,17). The van der Waals surface area contributed by atoms with Crippen molar-refractivity contribution in [3.05, 3.63) is 34.4 Å². The maximum absolute atomic E-state index is 11.5. The molecule has 0 spiro atoms. The third kappa shape index (κ3) is 4.55. The second-order valence-electron chi connectivity index (χ2n) is 4.42. The lowest BCUT2D eigenvalue weighted by molar-refractivity contribution is -0.384. The van der Waals surface area contributed by atoms with Gasteiger partial charge in [-0.3, -0.25) is 10.1 Å². The Morgan fingerprint density at radius 3 is 2.84 bits per heavy atom. The van der Waals surface area contributed by atoms with Crippen LogP contribution in [0.2, 0.25) is 0 Å². The first-order chi connectivity index (χ1) is 9.15. The van der Waals surface area contributed by atoms with Crippen LogP contribution in [0.3, 0.4) is 0 Å². The summed E-state index contributed by atoms with van der Waals surface area (Å²) in [7, 11) is 0. The normalized spacial score (nSPS) is 13.9. The van der Waals surface area contributed by atoms with Crippen LogP contribution in [-0.2, 0) is 0 Å². The predicted molar refractivity (Wildman–Crippen MR) is 71.1 cm³/mol. The van der Waals surface area contributed by atoms with Gasteiger partial charge in [0, 0.05) is 37.0 Å². The summed E-state index contributed by atoms with van der Waals surface area (Å²) in [6.45, 7) is 1.25. The molecule has 0 aliphatic heterocycles. The Morgan fingerprint density at radius 1 is 1.37 bits per heavy atom. The molecule has 1 aromatic rings. The van der Waals surface area contributed by atoms with Crippen LogP contribution in [0.1, 0.15) is 12.8 Å². The van der Waals surface area contributed by atoms with Gasteiger partial charge in [-0.1, -0.05) is 6.07 Å². The van der Waals surface area contributed by atoms with Gasteiger partial charge in [0.1, 0.15) is 0 Å². The third-order valence-electron chi connectivity index (χ3n) is 2.74. The molecule has 0 unspecified atom stereocenters. The Labute approximate surface area is 110 Å². The quantitative estimate of drug-likeness (QED) is 0.412. The highest BCUT2D eigenvalue weighted by atomic mass is 16.6. The molecule has 1 fully saturated rings. The number of carbonyl (C=O) groups excluding carboxylic acids is 1. The van der Waals surface area contributed by atoms with Crippen LogP contribution in [0.5, 0.6) is 0 Å². The summed E-state index contributed by atoms with van der Waals surface area (Å²) in [5.74, 6) is 0. The van der Waals surface area contributed by atoms with E-state index in [0.717, 1.165) is 6.54 Å². The Balaban J connectivity index is 1.74. The lowest BCUT2D eigenvalue weighted by Crippen LogP contribution is -2.35. The molecule has 1 aromatic carbocycles. The molecule has 0 aromatic heterocycles. The molecule has 2 amide bonds. The Bertz CT molecular complexity index is 474. The Morgan fingerprint density at radius 2 is 2.16 bits per heavy atom. The second kappa shape index (κ2) is 6.14. The van der Waals surface area contributed by atoms with E-state index in [0.29, 0.717) is 18.3 Å². The average Bonchev–Trinajstić information content (AvgIpc) is 3.19. The fourth-order valence-electron chi connectivity index (χ4n) is 1.61. The molecular formula is C12H16N4O3. The van der Waals surface area contributed by atoms with E-state index in [4.69, 9.17) is 0 Å². The molecule has 1 aliphatic rings. The summed E-state index contributed by atoms with van der Waals surface area (Å²) >= 11 is 0. The van der Waals surface area contributed by atoms with Gasteiger partial charge in [-0.05, 0) is 18.9 Å². The number of nitro groups is 1. The minimum atomic E-state index is -0.497. The number of rotatable bonds is 6. The first-order valence-corrected chi connectivity index (χ1v) is 6.18. The van der Waals surface area contributed by atoms with Crippen LogP contribution >= 0.6 is 0 Å². The van der Waals surface area contributed by atoms with Crippen LogP contribution in [0.15, 0.2) is 24.3 Å². The largest absolute Gasteiger partial charge is 0.337 e. The van der Waals surface area contributed by atoms with E-state index in [1.807, 2.05) is 0 Å². The zero-order valence-electron chi connectivity index (χ0n) is 10.4. The summed E-state index contributed by atoms with van der Waals surface area (Å²) in [6, 6.07) is 6.09. The highest BCUT2D eigenvalue weighted by Crippen LogP contribution is 2.18. The Hall–Kier alpha value is -2.15. The molecule has 0 heterocycles. The lowest BCUT2D eigenvalue weighted by atomic mass is 10.3. The Kier molecular flexibility index (Phi) is 4.30. The van der Waals surface area contributed by atoms with E-state index in [1.165, 1.54) is 31.0 Å². The minimum absolute atomic E-state index is 0.0480. The zero-order chi connectivity index (χ0) is 13.7. The molecule has 3 N–H and O–H groups in total. The van der Waals surface area contributed by atoms with Crippen molar-refractivity contribution < 1.29 is 9.72 Å². The molecule has 0 atom stereocenters. The summed E-state index contributed by atoms with van der Waals surface area (Å²) in [6.07, 6.45) is 2.42. The van der Waals surface area contributed by atoms with E-state index in [2.05, 4.69) is 16.0 Å². The molecule has 1 saturated carbocycles. The number of hydrogen-bond acceptors (Lipinski definition) is 4. The van der Waals surface area contributed by atoms with Crippen molar-refractivity contribution in [2.75, 3.05) is 18.4 Å². The number of non-ortho nitro benzene ring substituents is 1. The van der Waals surface area contributed by atoms with Crippen molar-refractivity contribution in [2.45, 2.75) is 18.9 Å². The van der Waals surface area contributed by atoms with Gasteiger partial charge >= 0.3 is 6.03 Å². The zero-order valence-corrected chi connectivity index (χ0v) is 10.4. The van der Waals surface area contributed by atoms with E-state index < -0.39 is 4.92 Å². The molecular weight excluding hydrogens is 248 g/mol. The number of nitrogens with zero attached hydrogens (tertiary/aromatic N) is 1. The number of nitro benzene ring substituents is 1. The number of nitrogens with one attached hydrogen (secondary N) is 3. The van der Waals surface area contributed by atoms with E-state index in [1.54, 1.807) is 6.07 Å². The van der Waals surface area contributed by atoms with Gasteiger partial charge in [0.15, 0.2) is 0 Å². The number of benzene rings is 1. The van der Waals surface area contributed by atoms with Crippen molar-refractivity contribution in [3.63, 3.8) is 0 Å². The number of anilines is 1. The molecule has 2 rings (SSSR count). The highest BCUT2D eigenvalue weighted by Gasteiger charge is 2.19. The molecule has 7 heteroatoms. The van der Waals surface area contributed by atoms with Crippen molar-refractivity contribution in [1.82, 2.24) is 10.6 Å². The molecule has 0 bridgehead atoms. The third-order valence-corrected chi connectivity index (χ3v) is 2.74. The van der Waals surface area contributed by atoms with Gasteiger partial charge in [-0.25, -0.2) is 4.79 Å². The van der Waals surface area contributed by atoms with Gasteiger partial charge in [-0.2, -0.15) is 0 Å². The van der Waals surface area contributed by atoms with E-state index in [-0.39, 0.29) is 11.7 Å². The average molecular weight is 264 g/mol. The van der Waals surface area contributed by atoms with Gasteiger partial charge in [0.25, 0.3) is 5.69 Å². The summed E-state index contributed by atoms with van der Waals surface area (Å²) in [5.41, 5.74) is 0.357. The predicted octanol–water partition coefficient (Wildman–Crippen LogP) is 1.47. The number of amides is 2. The maximum Gasteiger partial charge on any atom is 0.319 e. The first kappa shape index (κ1) is 13.3. The van der Waals surface area contributed by atoms with Crippen LogP contribution in [0, 0.1) is 10.1 Å². The summed E-state index contributed by atoms with van der Waals surface area (Å²) < 4.78 is 0. The van der Waals surface area contributed by atoms with E-state index >= 15 is 0 Å². The first-order valence-electron chi connectivity index (χ1n) is 6.18. The molecule has 0 radical (unpaired) electrons. The van der Waals surface area contributed by atoms with E-state index in [9.17, 15) is 14.9 Å². The highest BCUT2D eigenvalue weighted by molar-refractivity contribution is 5.89. The van der Waals surface area contributed by atoms with Gasteiger partial charge in [0.2, 0.25) is 0 Å². The monoisotopic (exact) mass is 264 g/mol. The number of hydrogen-bond donors (Lipinski definition) is 3. The van der Waals surface area contributed by atoms with Crippen molar-refractivity contribution in [2.24, 2.45) is 0 Å². The van der Waals surface area contributed by atoms with Crippen LogP contribution in [-0.4, -0.2) is 30.1 Å². The maximum atomic E-state index is 11.5. The van der Waals surface area contributed by atoms with Crippen molar-refractivity contribution in [1.29, 1.82) is 0 Å². The molecule has 1 aliphatic carbocycles. The summed E-state index contributed by atoms with van der Waals surface area (Å²) in [4.78, 5) is 21.6. The lowest BCUT2D eigenvalue weighted by Gasteiger charge is -2.07. The number of urea groups is 1. The molecule has 19 heavy (non-hydrogen) atoms. The van der Waals surface area contributed by atoms with Gasteiger partial charge < -0.3 is 16.0 Å². The molecule has 7 nitrogen and oxygen atoms in total. The van der Waals surface area contributed by atoms with Crippen LogP contribution < -0.4 is 16.0 Å². The van der Waals surface area contributed by atoms with Crippen molar-refractivity contribution >= 4 is 17.4 Å². The molecule has 0 saturated heterocycles. The molecule has 102 valence electrons. The van der Waals surface area contributed by atoms with Crippen LogP contribution in [0.25, 0.3) is 0 Å². The SMILES string of the molecule is O=C(NCCNC1CC1)Nc1cccc([N+](=O)[O-])c1. The van der Waals surface area contributed by atoms with Gasteiger partial charge in [0.05, 0.1) is 4.92 Å². The fraction of sp³-hybridized carbons (Fsp3) is 0.417. The van der Waals surface area contributed by atoms with Crippen LogP contribution in [0.4, 0.5) is 16.2 Å². The topological polar surface area (TPSA) is 96.3 Å².